The van der Waals surface area contributed by atoms with Gasteiger partial charge in [-0.3, -0.25) is 0 Å². The van der Waals surface area contributed by atoms with Crippen molar-refractivity contribution in [2.75, 3.05) is 5.73 Å². The number of nitrogen functional groups attached to an aromatic ring is 1. The normalized spacial score (nSPS) is 12.1. The minimum atomic E-state index is 0.136. The Morgan fingerprint density at radius 3 is 2.27 bits per heavy atom. The van der Waals surface area contributed by atoms with Gasteiger partial charge in [0.05, 0.1) is 0 Å². The van der Waals surface area contributed by atoms with Crippen molar-refractivity contribution in [1.29, 1.82) is 0 Å². The van der Waals surface area contributed by atoms with Crippen LogP contribution in [0.5, 0.6) is 0 Å². The van der Waals surface area contributed by atoms with Gasteiger partial charge in [-0.15, -0.1) is 0 Å². The van der Waals surface area contributed by atoms with E-state index in [1.165, 1.54) is 11.1 Å². The molecule has 0 amide bonds. The molecule has 0 atom stereocenters. The van der Waals surface area contributed by atoms with Crippen LogP contribution >= 0.6 is 0 Å². The van der Waals surface area contributed by atoms with Crippen LogP contribution in [0.25, 0.3) is 0 Å². The number of rotatable bonds is 2. The van der Waals surface area contributed by atoms with Crippen LogP contribution < -0.4 is 5.73 Å². The molecule has 0 aliphatic carbocycles. The number of benzene rings is 1. The third-order valence-corrected chi connectivity index (χ3v) is 2.63. The first-order chi connectivity index (χ1) is 6.82. The van der Waals surface area contributed by atoms with E-state index in [9.17, 15) is 0 Å². The Kier molecular flexibility index (Phi) is 3.43. The number of hydrogen-bond acceptors (Lipinski definition) is 1. The maximum Gasteiger partial charge on any atom is 0.0384 e. The van der Waals surface area contributed by atoms with Crippen LogP contribution in [0.1, 0.15) is 45.7 Å². The van der Waals surface area contributed by atoms with Crippen LogP contribution in [0.15, 0.2) is 18.2 Å². The maximum atomic E-state index is 6.22. The second-order valence-electron chi connectivity index (χ2n) is 5.73. The zero-order valence-corrected chi connectivity index (χ0v) is 10.6. The summed E-state index contributed by atoms with van der Waals surface area (Å²) < 4.78 is 0. The van der Waals surface area contributed by atoms with E-state index in [-0.39, 0.29) is 5.41 Å². The van der Waals surface area contributed by atoms with Gasteiger partial charge in [0.15, 0.2) is 0 Å². The predicted molar refractivity (Wildman–Crippen MR) is 68.1 cm³/mol. The standard InChI is InChI=1S/C14H23N/c1-10(2)9-11-7-6-8-12(13(11)15)14(3,4)5/h6-8,10H,9,15H2,1-5H3. The van der Waals surface area contributed by atoms with E-state index in [0.717, 1.165) is 12.1 Å². The topological polar surface area (TPSA) is 26.0 Å². The van der Waals surface area contributed by atoms with Crippen LogP contribution in [-0.4, -0.2) is 0 Å². The minimum absolute atomic E-state index is 0.136. The van der Waals surface area contributed by atoms with Gasteiger partial charge < -0.3 is 5.73 Å². The highest BCUT2D eigenvalue weighted by molar-refractivity contribution is 5.56. The van der Waals surface area contributed by atoms with Crippen molar-refractivity contribution in [1.82, 2.24) is 0 Å². The Morgan fingerprint density at radius 2 is 1.80 bits per heavy atom. The third-order valence-electron chi connectivity index (χ3n) is 2.63. The molecule has 0 aromatic heterocycles. The molecule has 1 aromatic rings. The van der Waals surface area contributed by atoms with E-state index in [1.54, 1.807) is 0 Å². The molecule has 1 nitrogen and oxygen atoms in total. The predicted octanol–water partition coefficient (Wildman–Crippen LogP) is 3.76. The van der Waals surface area contributed by atoms with Crippen LogP contribution in [0.2, 0.25) is 0 Å². The molecule has 15 heavy (non-hydrogen) atoms. The molecule has 0 aliphatic rings. The highest BCUT2D eigenvalue weighted by atomic mass is 14.6. The summed E-state index contributed by atoms with van der Waals surface area (Å²) in [4.78, 5) is 0. The van der Waals surface area contributed by atoms with Gasteiger partial charge in [0, 0.05) is 5.69 Å². The minimum Gasteiger partial charge on any atom is -0.398 e. The van der Waals surface area contributed by atoms with E-state index in [4.69, 9.17) is 5.73 Å². The number of para-hydroxylation sites is 1. The van der Waals surface area contributed by atoms with Gasteiger partial charge in [-0.2, -0.15) is 0 Å². The fraction of sp³-hybridized carbons (Fsp3) is 0.571. The van der Waals surface area contributed by atoms with Gasteiger partial charge in [-0.05, 0) is 28.9 Å². The fourth-order valence-corrected chi connectivity index (χ4v) is 1.88. The maximum absolute atomic E-state index is 6.22. The molecule has 0 fully saturated rings. The first-order valence-corrected chi connectivity index (χ1v) is 5.70. The molecule has 1 heteroatoms. The number of nitrogens with two attached hydrogens (primary N) is 1. The lowest BCUT2D eigenvalue weighted by Gasteiger charge is -2.23. The van der Waals surface area contributed by atoms with Crippen LogP contribution in [0.3, 0.4) is 0 Å². The monoisotopic (exact) mass is 205 g/mol. The smallest absolute Gasteiger partial charge is 0.0384 e. The van der Waals surface area contributed by atoms with Gasteiger partial charge in [0.2, 0.25) is 0 Å². The summed E-state index contributed by atoms with van der Waals surface area (Å²) in [5.41, 5.74) is 9.89. The molecule has 1 rings (SSSR count). The first-order valence-electron chi connectivity index (χ1n) is 5.70. The van der Waals surface area contributed by atoms with E-state index < -0.39 is 0 Å². The van der Waals surface area contributed by atoms with Gasteiger partial charge in [-0.1, -0.05) is 52.8 Å². The Balaban J connectivity index is 3.12. The second-order valence-corrected chi connectivity index (χ2v) is 5.73. The molecule has 2 N–H and O–H groups in total. The Hall–Kier alpha value is -0.980. The highest BCUT2D eigenvalue weighted by Crippen LogP contribution is 2.30. The molecular formula is C14H23N. The molecule has 84 valence electrons. The van der Waals surface area contributed by atoms with E-state index in [1.807, 2.05) is 0 Å². The molecule has 0 unspecified atom stereocenters. The van der Waals surface area contributed by atoms with E-state index in [2.05, 4.69) is 52.8 Å². The third kappa shape index (κ3) is 2.98. The second kappa shape index (κ2) is 4.26. The van der Waals surface area contributed by atoms with Crippen LogP contribution in [0.4, 0.5) is 5.69 Å². The van der Waals surface area contributed by atoms with Crippen LogP contribution in [-0.2, 0) is 11.8 Å². The summed E-state index contributed by atoms with van der Waals surface area (Å²) in [5.74, 6) is 0.655. The lowest BCUT2D eigenvalue weighted by Crippen LogP contribution is -2.15. The summed E-state index contributed by atoms with van der Waals surface area (Å²) >= 11 is 0. The molecule has 0 aliphatic heterocycles. The van der Waals surface area contributed by atoms with Crippen molar-refractivity contribution in [3.8, 4) is 0 Å². The lowest BCUT2D eigenvalue weighted by molar-refractivity contribution is 0.589. The van der Waals surface area contributed by atoms with Crippen molar-refractivity contribution >= 4 is 5.69 Å². The quantitative estimate of drug-likeness (QED) is 0.731. The van der Waals surface area contributed by atoms with E-state index in [0.29, 0.717) is 5.92 Å². The molecule has 0 radical (unpaired) electrons. The van der Waals surface area contributed by atoms with Crippen molar-refractivity contribution in [2.24, 2.45) is 5.92 Å². The lowest BCUT2D eigenvalue weighted by atomic mass is 9.83. The van der Waals surface area contributed by atoms with Gasteiger partial charge >= 0.3 is 0 Å². The van der Waals surface area contributed by atoms with Crippen molar-refractivity contribution in [3.63, 3.8) is 0 Å². The van der Waals surface area contributed by atoms with Crippen molar-refractivity contribution in [3.05, 3.63) is 29.3 Å². The summed E-state index contributed by atoms with van der Waals surface area (Å²) in [6.45, 7) is 11.1. The number of anilines is 1. The number of hydrogen-bond donors (Lipinski definition) is 1. The van der Waals surface area contributed by atoms with Crippen LogP contribution in [0, 0.1) is 5.92 Å². The Morgan fingerprint density at radius 1 is 1.20 bits per heavy atom. The molecule has 1 aromatic carbocycles. The first kappa shape index (κ1) is 12.1. The molecule has 0 spiro atoms. The molecular weight excluding hydrogens is 182 g/mol. The summed E-state index contributed by atoms with van der Waals surface area (Å²) in [7, 11) is 0. The molecule has 0 saturated carbocycles. The Labute approximate surface area is 93.7 Å². The zero-order chi connectivity index (χ0) is 11.6. The SMILES string of the molecule is CC(C)Cc1cccc(C(C)(C)C)c1N. The van der Waals surface area contributed by atoms with Crippen molar-refractivity contribution < 1.29 is 0 Å². The van der Waals surface area contributed by atoms with E-state index >= 15 is 0 Å². The summed E-state index contributed by atoms with van der Waals surface area (Å²) in [6.07, 6.45) is 1.07. The summed E-state index contributed by atoms with van der Waals surface area (Å²) in [6, 6.07) is 6.40. The van der Waals surface area contributed by atoms with Gasteiger partial charge in [-0.25, -0.2) is 0 Å². The largest absolute Gasteiger partial charge is 0.398 e. The summed E-state index contributed by atoms with van der Waals surface area (Å²) in [5, 5.41) is 0. The van der Waals surface area contributed by atoms with Gasteiger partial charge in [0.25, 0.3) is 0 Å². The zero-order valence-electron chi connectivity index (χ0n) is 10.6. The van der Waals surface area contributed by atoms with Crippen molar-refractivity contribution in [2.45, 2.75) is 46.5 Å². The molecule has 0 saturated heterocycles. The average molecular weight is 205 g/mol. The average Bonchev–Trinajstić information content (AvgIpc) is 2.05. The Bertz CT molecular complexity index is 332. The fourth-order valence-electron chi connectivity index (χ4n) is 1.88. The molecule has 0 bridgehead atoms. The molecule has 0 heterocycles. The van der Waals surface area contributed by atoms with Gasteiger partial charge in [0.1, 0.15) is 0 Å². The highest BCUT2D eigenvalue weighted by Gasteiger charge is 2.18.